The first kappa shape index (κ1) is 30.7. The molecule has 242 valence electrons. The van der Waals surface area contributed by atoms with E-state index in [2.05, 4.69) is 124 Å². The highest BCUT2D eigenvalue weighted by molar-refractivity contribution is 6.32. The van der Waals surface area contributed by atoms with Crippen LogP contribution in [0, 0.1) is 23.7 Å². The number of pyridine rings is 2. The Bertz CT molecular complexity index is 2650. The van der Waals surface area contributed by atoms with Crippen LogP contribution in [-0.4, -0.2) is 26.4 Å². The van der Waals surface area contributed by atoms with E-state index in [1.54, 1.807) is 12.4 Å². The van der Waals surface area contributed by atoms with Gasteiger partial charge in [0.15, 0.2) is 0 Å². The first-order valence-electron chi connectivity index (χ1n) is 17.1. The largest absolute Gasteiger partial charge is 0.354 e. The molecule has 1 N–H and O–H groups in total. The minimum Gasteiger partial charge on any atom is -0.354 e. The van der Waals surface area contributed by atoms with Crippen LogP contribution in [0.3, 0.4) is 0 Å². The van der Waals surface area contributed by atoms with Crippen molar-refractivity contribution in [1.82, 2.24) is 15.0 Å². The highest BCUT2D eigenvalue weighted by Crippen LogP contribution is 2.38. The molecule has 9 rings (SSSR count). The SMILES string of the molecule is C(#Cc1ccccn1)C1=C2C=CC(=C(c3ccccc3)C3=NC(=C(C#Cc4ccccn4)c4ccc([nH]4)C(c4ccccc4)=C4C=CC1=N4)C=C3)C2. The molecule has 5 nitrogen and oxygen atoms in total. The average molecular weight is 664 g/mol. The number of allylic oxidation sites excluding steroid dienone is 11. The Kier molecular flexibility index (Phi) is 7.98. The molecule has 0 saturated heterocycles. The van der Waals surface area contributed by atoms with Gasteiger partial charge in [-0.1, -0.05) is 96.8 Å². The van der Waals surface area contributed by atoms with Gasteiger partial charge in [0.2, 0.25) is 0 Å². The molecule has 3 aromatic heterocycles. The summed E-state index contributed by atoms with van der Waals surface area (Å²) in [5, 5.41) is 0. The van der Waals surface area contributed by atoms with Gasteiger partial charge < -0.3 is 4.98 Å². The van der Waals surface area contributed by atoms with Crippen molar-refractivity contribution in [2.75, 3.05) is 0 Å². The van der Waals surface area contributed by atoms with E-state index in [0.29, 0.717) is 17.8 Å². The van der Waals surface area contributed by atoms with Crippen LogP contribution in [0.5, 0.6) is 0 Å². The van der Waals surface area contributed by atoms with Gasteiger partial charge in [0.1, 0.15) is 11.4 Å². The van der Waals surface area contributed by atoms with Gasteiger partial charge >= 0.3 is 0 Å². The van der Waals surface area contributed by atoms with E-state index in [-0.39, 0.29) is 0 Å². The predicted molar refractivity (Wildman–Crippen MR) is 210 cm³/mol. The van der Waals surface area contributed by atoms with Crippen molar-refractivity contribution in [3.05, 3.63) is 220 Å². The molecule has 0 unspecified atom stereocenters. The zero-order valence-electron chi connectivity index (χ0n) is 28.0. The number of nitrogens with one attached hydrogen (secondary N) is 1. The van der Waals surface area contributed by atoms with E-state index >= 15 is 0 Å². The van der Waals surface area contributed by atoms with Crippen molar-refractivity contribution < 1.29 is 0 Å². The number of aliphatic imine (C=N–C) groups is 2. The van der Waals surface area contributed by atoms with Crippen LogP contribution in [0.1, 0.15) is 40.3 Å². The summed E-state index contributed by atoms with van der Waals surface area (Å²) in [6, 6.07) is 36.5. The summed E-state index contributed by atoms with van der Waals surface area (Å²) in [5.41, 5.74) is 14.6. The third-order valence-corrected chi connectivity index (χ3v) is 9.12. The monoisotopic (exact) mass is 663 g/mol. The van der Waals surface area contributed by atoms with E-state index in [1.165, 1.54) is 0 Å². The van der Waals surface area contributed by atoms with Crippen molar-refractivity contribution >= 4 is 28.1 Å². The number of H-pyrrole nitrogens is 1. The molecule has 6 heterocycles. The molecule has 2 aromatic carbocycles. The molecule has 0 radical (unpaired) electrons. The number of fused-ring (bicyclic) bond motifs is 6. The van der Waals surface area contributed by atoms with Gasteiger partial charge in [-0.15, -0.1) is 0 Å². The second-order valence-electron chi connectivity index (χ2n) is 12.4. The predicted octanol–water partition coefficient (Wildman–Crippen LogP) is 9.12. The van der Waals surface area contributed by atoms with Gasteiger partial charge in [-0.3, -0.25) is 0 Å². The van der Waals surface area contributed by atoms with Crippen molar-refractivity contribution in [3.63, 3.8) is 0 Å². The minimum absolute atomic E-state index is 0.671. The average Bonchev–Trinajstić information content (AvgIpc) is 4.04. The van der Waals surface area contributed by atoms with Gasteiger partial charge in [-0.2, -0.15) is 0 Å². The summed E-state index contributed by atoms with van der Waals surface area (Å²) < 4.78 is 0. The maximum atomic E-state index is 5.28. The van der Waals surface area contributed by atoms with Crippen LogP contribution < -0.4 is 0 Å². The maximum absolute atomic E-state index is 5.28. The number of aromatic nitrogens is 3. The smallest absolute Gasteiger partial charge is 0.113 e. The van der Waals surface area contributed by atoms with Crippen LogP contribution in [0.2, 0.25) is 0 Å². The van der Waals surface area contributed by atoms with Crippen molar-refractivity contribution in [1.29, 1.82) is 0 Å². The van der Waals surface area contributed by atoms with Gasteiger partial charge in [0.25, 0.3) is 0 Å². The molecule has 5 heteroatoms. The van der Waals surface area contributed by atoms with Gasteiger partial charge in [0, 0.05) is 29.2 Å². The Hall–Kier alpha value is -7.34. The second kappa shape index (κ2) is 13.5. The lowest BCUT2D eigenvalue weighted by Gasteiger charge is -2.12. The third-order valence-electron chi connectivity index (χ3n) is 9.12. The molecule has 0 atom stereocenters. The third kappa shape index (κ3) is 6.05. The first-order chi connectivity index (χ1) is 25.8. The fourth-order valence-electron chi connectivity index (χ4n) is 6.69. The lowest BCUT2D eigenvalue weighted by molar-refractivity contribution is 1.26. The van der Waals surface area contributed by atoms with Crippen LogP contribution in [0.25, 0.3) is 16.7 Å². The minimum atomic E-state index is 0.671. The molecule has 0 amide bonds. The van der Waals surface area contributed by atoms with Crippen molar-refractivity contribution in [2.24, 2.45) is 9.98 Å². The molecular weight excluding hydrogens is 635 g/mol. The quantitative estimate of drug-likeness (QED) is 0.192. The highest BCUT2D eigenvalue weighted by Gasteiger charge is 2.25. The Morgan fingerprint density at radius 1 is 0.442 bits per heavy atom. The van der Waals surface area contributed by atoms with Crippen LogP contribution in [-0.2, 0) is 0 Å². The van der Waals surface area contributed by atoms with Crippen LogP contribution in [0.15, 0.2) is 196 Å². The molecule has 5 aromatic rings. The van der Waals surface area contributed by atoms with E-state index in [4.69, 9.17) is 9.98 Å². The van der Waals surface area contributed by atoms with Crippen molar-refractivity contribution in [2.45, 2.75) is 6.42 Å². The number of hydrogen-bond acceptors (Lipinski definition) is 4. The normalized spacial score (nSPS) is 15.8. The number of hydrogen-bond donors (Lipinski definition) is 1. The molecule has 0 saturated carbocycles. The molecular formula is C47H29N5. The zero-order valence-corrected chi connectivity index (χ0v) is 28.0. The van der Waals surface area contributed by atoms with E-state index in [9.17, 15) is 0 Å². The molecule has 52 heavy (non-hydrogen) atoms. The number of rotatable bonds is 2. The van der Waals surface area contributed by atoms with Gasteiger partial charge in [0.05, 0.1) is 39.7 Å². The zero-order chi connectivity index (χ0) is 34.7. The molecule has 1 aliphatic carbocycles. The van der Waals surface area contributed by atoms with Crippen LogP contribution in [0.4, 0.5) is 0 Å². The van der Waals surface area contributed by atoms with Crippen molar-refractivity contribution in [3.8, 4) is 23.7 Å². The second-order valence-corrected chi connectivity index (χ2v) is 12.4. The molecule has 3 aliphatic heterocycles. The maximum Gasteiger partial charge on any atom is 0.113 e. The molecule has 0 fully saturated rings. The number of nitrogens with zero attached hydrogens (tertiary/aromatic N) is 4. The Morgan fingerprint density at radius 2 is 1.02 bits per heavy atom. The highest BCUT2D eigenvalue weighted by atomic mass is 14.8. The fourth-order valence-corrected chi connectivity index (χ4v) is 6.69. The first-order valence-corrected chi connectivity index (χ1v) is 17.1. The topological polar surface area (TPSA) is 66.3 Å². The lowest BCUT2D eigenvalue weighted by Crippen LogP contribution is -2.02. The molecule has 4 aliphatic rings. The Labute approximate surface area is 302 Å². The fraction of sp³-hybridized carbons (Fsp3) is 0.0213. The summed E-state index contributed by atoms with van der Waals surface area (Å²) in [5.74, 6) is 13.5. The lowest BCUT2D eigenvalue weighted by atomic mass is 9.93. The summed E-state index contributed by atoms with van der Waals surface area (Å²) in [4.78, 5) is 23.2. The van der Waals surface area contributed by atoms with Gasteiger partial charge in [-0.05, 0) is 101 Å². The Morgan fingerprint density at radius 3 is 1.71 bits per heavy atom. The number of benzene rings is 2. The number of aromatic amines is 1. The van der Waals surface area contributed by atoms with Gasteiger partial charge in [-0.25, -0.2) is 20.0 Å². The summed E-state index contributed by atoms with van der Waals surface area (Å²) in [6.45, 7) is 0. The molecule has 0 spiro atoms. The Balaban J connectivity index is 1.31. The van der Waals surface area contributed by atoms with E-state index in [1.807, 2.05) is 60.7 Å². The summed E-state index contributed by atoms with van der Waals surface area (Å²) in [6.07, 6.45) is 16.9. The summed E-state index contributed by atoms with van der Waals surface area (Å²) >= 11 is 0. The summed E-state index contributed by atoms with van der Waals surface area (Å²) in [7, 11) is 0. The van der Waals surface area contributed by atoms with E-state index in [0.717, 1.165) is 78.8 Å². The van der Waals surface area contributed by atoms with Crippen LogP contribution >= 0.6 is 0 Å². The van der Waals surface area contributed by atoms with E-state index < -0.39 is 0 Å². The standard InChI is InChI=1S/C47H29N5/c1-3-11-32(12-4-1)46-35-18-17-34(31-35)38(21-19-36-15-7-9-29-48-36)40-23-27-44(50-40)47(33-13-5-2-6-14-33)45-28-25-42(52-45)39(41-24-26-43(46)51-41)22-20-37-16-8-10-30-49-37/h1-18,23-30,52H,31H2. The molecule has 8 bridgehead atoms.